The minimum Gasteiger partial charge on any atom is -0.305 e. The summed E-state index contributed by atoms with van der Waals surface area (Å²) in [6.07, 6.45) is 1.97. The van der Waals surface area contributed by atoms with Crippen LogP contribution < -0.4 is 5.32 Å². The first kappa shape index (κ1) is 14.5. The van der Waals surface area contributed by atoms with Crippen molar-refractivity contribution in [3.63, 3.8) is 0 Å². The average Bonchev–Trinajstić information content (AvgIpc) is 3.17. The molecule has 5 nitrogen and oxygen atoms in total. The third-order valence-corrected chi connectivity index (χ3v) is 3.41. The third-order valence-electron chi connectivity index (χ3n) is 3.41. The average molecular weight is 299 g/mol. The molecule has 2 N–H and O–H groups in total. The van der Waals surface area contributed by atoms with Crippen LogP contribution in [0.5, 0.6) is 0 Å². The molecular weight excluding hydrogens is 281 g/mol. The first-order valence-electron chi connectivity index (χ1n) is 7.28. The second-order valence-electron chi connectivity index (χ2n) is 5.05. The number of benzene rings is 1. The Labute approximate surface area is 128 Å². The Bertz CT molecular complexity index is 729. The number of H-pyrrole nitrogens is 1. The smallest absolute Gasteiger partial charge is 0.123 e. The molecule has 0 amide bonds. The van der Waals surface area contributed by atoms with Crippen LogP contribution in [0.4, 0.5) is 4.39 Å². The van der Waals surface area contributed by atoms with Crippen molar-refractivity contribution < 1.29 is 4.39 Å². The van der Waals surface area contributed by atoms with E-state index in [2.05, 4.69) is 27.5 Å². The van der Waals surface area contributed by atoms with Gasteiger partial charge in [0, 0.05) is 37.1 Å². The predicted molar refractivity (Wildman–Crippen MR) is 82.4 cm³/mol. The summed E-state index contributed by atoms with van der Waals surface area (Å²) in [6, 6.07) is 10.3. The fraction of sp³-hybridized carbons (Fsp3) is 0.250. The molecule has 0 atom stereocenters. The fourth-order valence-electron chi connectivity index (χ4n) is 2.22. The SMILES string of the molecule is CCn1ccc(CNCc2cc(-c3ccc(F)cc3)n[nH]2)n1. The van der Waals surface area contributed by atoms with Gasteiger partial charge in [-0.05, 0) is 43.3 Å². The van der Waals surface area contributed by atoms with Crippen molar-refractivity contribution in [2.24, 2.45) is 0 Å². The van der Waals surface area contributed by atoms with Gasteiger partial charge in [0.25, 0.3) is 0 Å². The van der Waals surface area contributed by atoms with Crippen LogP contribution in [0, 0.1) is 5.82 Å². The van der Waals surface area contributed by atoms with E-state index in [0.717, 1.165) is 29.2 Å². The van der Waals surface area contributed by atoms with Gasteiger partial charge in [0.05, 0.1) is 11.4 Å². The summed E-state index contributed by atoms with van der Waals surface area (Å²) < 4.78 is 14.8. The largest absolute Gasteiger partial charge is 0.305 e. The van der Waals surface area contributed by atoms with Gasteiger partial charge >= 0.3 is 0 Å². The molecular formula is C16H18FN5. The van der Waals surface area contributed by atoms with E-state index in [-0.39, 0.29) is 5.82 Å². The molecule has 0 unspecified atom stereocenters. The van der Waals surface area contributed by atoms with Gasteiger partial charge in [0.2, 0.25) is 0 Å². The molecule has 0 radical (unpaired) electrons. The van der Waals surface area contributed by atoms with E-state index in [1.165, 1.54) is 12.1 Å². The summed E-state index contributed by atoms with van der Waals surface area (Å²) in [7, 11) is 0. The molecule has 114 valence electrons. The molecule has 2 heterocycles. The lowest BCUT2D eigenvalue weighted by atomic mass is 10.1. The Morgan fingerprint density at radius 3 is 2.73 bits per heavy atom. The number of halogens is 1. The van der Waals surface area contributed by atoms with E-state index in [4.69, 9.17) is 0 Å². The Kier molecular flexibility index (Phi) is 4.29. The van der Waals surface area contributed by atoms with E-state index >= 15 is 0 Å². The van der Waals surface area contributed by atoms with Crippen LogP contribution in [0.25, 0.3) is 11.3 Å². The molecule has 0 aliphatic rings. The van der Waals surface area contributed by atoms with Gasteiger partial charge < -0.3 is 5.32 Å². The zero-order valence-corrected chi connectivity index (χ0v) is 12.4. The van der Waals surface area contributed by atoms with Gasteiger partial charge in [-0.25, -0.2) is 4.39 Å². The minimum atomic E-state index is -0.243. The quantitative estimate of drug-likeness (QED) is 0.736. The summed E-state index contributed by atoms with van der Waals surface area (Å²) >= 11 is 0. The standard InChI is InChI=1S/C16H18FN5/c1-2-22-8-7-14(21-22)10-18-11-15-9-16(20-19-15)12-3-5-13(17)6-4-12/h3-9,18H,2,10-11H2,1H3,(H,19,20). The number of nitrogens with zero attached hydrogens (tertiary/aromatic N) is 3. The maximum Gasteiger partial charge on any atom is 0.123 e. The normalized spacial score (nSPS) is 11.0. The Hall–Kier alpha value is -2.47. The summed E-state index contributed by atoms with van der Waals surface area (Å²) in [5.74, 6) is -0.243. The van der Waals surface area contributed by atoms with Gasteiger partial charge in [0.1, 0.15) is 5.82 Å². The molecule has 0 spiro atoms. The Morgan fingerprint density at radius 2 is 2.00 bits per heavy atom. The molecule has 3 aromatic rings. The van der Waals surface area contributed by atoms with Crippen molar-refractivity contribution >= 4 is 0 Å². The number of nitrogens with one attached hydrogen (secondary N) is 2. The molecule has 0 aliphatic heterocycles. The van der Waals surface area contributed by atoms with Crippen molar-refractivity contribution in [2.75, 3.05) is 0 Å². The number of rotatable bonds is 6. The number of hydrogen-bond acceptors (Lipinski definition) is 3. The highest BCUT2D eigenvalue weighted by molar-refractivity contribution is 5.58. The lowest BCUT2D eigenvalue weighted by Crippen LogP contribution is -2.13. The third kappa shape index (κ3) is 3.40. The maximum atomic E-state index is 12.9. The van der Waals surface area contributed by atoms with Crippen molar-refractivity contribution in [3.8, 4) is 11.3 Å². The molecule has 22 heavy (non-hydrogen) atoms. The van der Waals surface area contributed by atoms with Gasteiger partial charge in [-0.2, -0.15) is 10.2 Å². The molecule has 3 rings (SSSR count). The highest BCUT2D eigenvalue weighted by Crippen LogP contribution is 2.17. The first-order chi connectivity index (χ1) is 10.7. The van der Waals surface area contributed by atoms with Gasteiger partial charge in [-0.3, -0.25) is 9.78 Å². The van der Waals surface area contributed by atoms with Crippen LogP contribution in [-0.4, -0.2) is 20.0 Å². The van der Waals surface area contributed by atoms with Crippen molar-refractivity contribution in [2.45, 2.75) is 26.6 Å². The van der Waals surface area contributed by atoms with Crippen LogP contribution in [0.2, 0.25) is 0 Å². The second kappa shape index (κ2) is 6.53. The Balaban J connectivity index is 1.56. The zero-order chi connectivity index (χ0) is 15.4. The molecule has 0 saturated carbocycles. The molecule has 0 saturated heterocycles. The summed E-state index contributed by atoms with van der Waals surface area (Å²) in [5.41, 5.74) is 3.70. The Morgan fingerprint density at radius 1 is 1.18 bits per heavy atom. The molecule has 2 aromatic heterocycles. The van der Waals surface area contributed by atoms with Gasteiger partial charge in [0.15, 0.2) is 0 Å². The molecule has 0 aliphatic carbocycles. The van der Waals surface area contributed by atoms with Crippen LogP contribution in [0.3, 0.4) is 0 Å². The number of aromatic nitrogens is 4. The van der Waals surface area contributed by atoms with Crippen molar-refractivity contribution in [1.82, 2.24) is 25.3 Å². The van der Waals surface area contributed by atoms with E-state index in [1.807, 2.05) is 23.0 Å². The number of aromatic amines is 1. The van der Waals surface area contributed by atoms with Gasteiger partial charge in [-0.1, -0.05) is 0 Å². The second-order valence-corrected chi connectivity index (χ2v) is 5.05. The lowest BCUT2D eigenvalue weighted by molar-refractivity contribution is 0.616. The highest BCUT2D eigenvalue weighted by atomic mass is 19.1. The van der Waals surface area contributed by atoms with Crippen molar-refractivity contribution in [3.05, 3.63) is 59.8 Å². The van der Waals surface area contributed by atoms with Crippen LogP contribution in [-0.2, 0) is 19.6 Å². The fourth-order valence-corrected chi connectivity index (χ4v) is 2.22. The van der Waals surface area contributed by atoms with E-state index in [0.29, 0.717) is 13.1 Å². The minimum absolute atomic E-state index is 0.243. The highest BCUT2D eigenvalue weighted by Gasteiger charge is 2.04. The molecule has 0 fully saturated rings. The molecule has 6 heteroatoms. The zero-order valence-electron chi connectivity index (χ0n) is 12.4. The van der Waals surface area contributed by atoms with Crippen LogP contribution in [0.1, 0.15) is 18.3 Å². The summed E-state index contributed by atoms with van der Waals surface area (Å²) in [4.78, 5) is 0. The van der Waals surface area contributed by atoms with E-state index in [1.54, 1.807) is 12.1 Å². The molecule has 0 bridgehead atoms. The predicted octanol–water partition coefficient (Wildman–Crippen LogP) is 2.72. The maximum absolute atomic E-state index is 12.9. The number of aryl methyl sites for hydroxylation is 1. The van der Waals surface area contributed by atoms with Crippen LogP contribution in [0.15, 0.2) is 42.6 Å². The monoisotopic (exact) mass is 299 g/mol. The summed E-state index contributed by atoms with van der Waals surface area (Å²) in [6.45, 7) is 4.32. The first-order valence-corrected chi connectivity index (χ1v) is 7.28. The van der Waals surface area contributed by atoms with E-state index in [9.17, 15) is 4.39 Å². The summed E-state index contributed by atoms with van der Waals surface area (Å²) in [5, 5.41) is 15.0. The van der Waals surface area contributed by atoms with E-state index < -0.39 is 0 Å². The lowest BCUT2D eigenvalue weighted by Gasteiger charge is -2.00. The van der Waals surface area contributed by atoms with Gasteiger partial charge in [-0.15, -0.1) is 0 Å². The number of hydrogen-bond donors (Lipinski definition) is 2. The molecule has 1 aromatic carbocycles. The van der Waals surface area contributed by atoms with Crippen molar-refractivity contribution in [1.29, 1.82) is 0 Å². The van der Waals surface area contributed by atoms with Crippen LogP contribution >= 0.6 is 0 Å². The topological polar surface area (TPSA) is 58.5 Å².